The van der Waals surface area contributed by atoms with Gasteiger partial charge in [0.1, 0.15) is 0 Å². The van der Waals surface area contributed by atoms with Gasteiger partial charge in [0.2, 0.25) is 0 Å². The van der Waals surface area contributed by atoms with E-state index in [0.717, 1.165) is 5.56 Å². The summed E-state index contributed by atoms with van der Waals surface area (Å²) in [4.78, 5) is 28.2. The molecule has 34 heavy (non-hydrogen) atoms. The van der Waals surface area contributed by atoms with Gasteiger partial charge in [-0.05, 0) is 42.3 Å². The van der Waals surface area contributed by atoms with Crippen LogP contribution in [0.4, 0.5) is 0 Å². The lowest BCUT2D eigenvalue weighted by atomic mass is 9.85. The van der Waals surface area contributed by atoms with Crippen molar-refractivity contribution in [3.05, 3.63) is 94.5 Å². The SMILES string of the molecule is COc1ccc(C(=O)N2CC[C@@H](NC(=O)c3ccccc3Cl)[C@H](c3ccccc3)C2)cc1OC. The number of rotatable bonds is 6. The Kier molecular flexibility index (Phi) is 7.38. The van der Waals surface area contributed by atoms with Crippen LogP contribution in [0.15, 0.2) is 72.8 Å². The monoisotopic (exact) mass is 478 g/mol. The summed E-state index contributed by atoms with van der Waals surface area (Å²) in [5.41, 5.74) is 2.04. The second-order valence-electron chi connectivity index (χ2n) is 8.19. The van der Waals surface area contributed by atoms with Crippen molar-refractivity contribution in [3.8, 4) is 11.5 Å². The second kappa shape index (κ2) is 10.6. The number of carbonyl (C=O) groups excluding carboxylic acids is 2. The third-order valence-electron chi connectivity index (χ3n) is 6.19. The number of nitrogens with one attached hydrogen (secondary N) is 1. The van der Waals surface area contributed by atoms with Gasteiger partial charge in [-0.15, -0.1) is 0 Å². The molecule has 1 saturated heterocycles. The molecule has 0 spiro atoms. The number of ether oxygens (including phenoxy) is 2. The Balaban J connectivity index is 1.56. The first-order chi connectivity index (χ1) is 16.5. The first kappa shape index (κ1) is 23.6. The van der Waals surface area contributed by atoms with Crippen LogP contribution < -0.4 is 14.8 Å². The van der Waals surface area contributed by atoms with Gasteiger partial charge >= 0.3 is 0 Å². The maximum absolute atomic E-state index is 13.4. The van der Waals surface area contributed by atoms with Gasteiger partial charge in [0, 0.05) is 30.6 Å². The Bertz CT molecular complexity index is 1170. The quantitative estimate of drug-likeness (QED) is 0.553. The third-order valence-corrected chi connectivity index (χ3v) is 6.52. The van der Waals surface area contributed by atoms with Crippen molar-refractivity contribution >= 4 is 23.4 Å². The highest BCUT2D eigenvalue weighted by Gasteiger charge is 2.34. The van der Waals surface area contributed by atoms with E-state index < -0.39 is 0 Å². The van der Waals surface area contributed by atoms with E-state index in [1.54, 1.807) is 56.7 Å². The molecule has 3 aromatic rings. The molecular weight excluding hydrogens is 452 g/mol. The van der Waals surface area contributed by atoms with Crippen molar-refractivity contribution in [2.24, 2.45) is 0 Å². The number of amides is 2. The second-order valence-corrected chi connectivity index (χ2v) is 8.59. The predicted octanol–water partition coefficient (Wildman–Crippen LogP) is 4.79. The zero-order valence-electron chi connectivity index (χ0n) is 19.2. The highest BCUT2D eigenvalue weighted by molar-refractivity contribution is 6.33. The molecule has 4 rings (SSSR count). The number of piperidine rings is 1. The minimum absolute atomic E-state index is 0.0644. The fourth-order valence-electron chi connectivity index (χ4n) is 4.39. The van der Waals surface area contributed by atoms with Gasteiger partial charge in [-0.1, -0.05) is 54.1 Å². The van der Waals surface area contributed by atoms with E-state index in [2.05, 4.69) is 5.32 Å². The standard InChI is InChI=1S/C27H27ClN2O4/c1-33-24-13-12-19(16-25(24)34-2)27(32)30-15-14-23(21(17-30)18-8-4-3-5-9-18)29-26(31)20-10-6-7-11-22(20)28/h3-13,16,21,23H,14-15,17H2,1-2H3,(H,29,31)/t21-,23+/m0/s1. The number of hydrogen-bond acceptors (Lipinski definition) is 4. The van der Waals surface area contributed by atoms with Gasteiger partial charge in [-0.3, -0.25) is 9.59 Å². The molecule has 176 valence electrons. The molecule has 1 heterocycles. The third kappa shape index (κ3) is 5.02. The van der Waals surface area contributed by atoms with Crippen LogP contribution in [0.2, 0.25) is 5.02 Å². The van der Waals surface area contributed by atoms with Crippen molar-refractivity contribution in [1.29, 1.82) is 0 Å². The number of carbonyl (C=O) groups is 2. The lowest BCUT2D eigenvalue weighted by Crippen LogP contribution is -2.51. The highest BCUT2D eigenvalue weighted by atomic mass is 35.5. The lowest BCUT2D eigenvalue weighted by Gasteiger charge is -2.39. The topological polar surface area (TPSA) is 67.9 Å². The molecule has 0 radical (unpaired) electrons. The van der Waals surface area contributed by atoms with E-state index in [1.165, 1.54) is 0 Å². The van der Waals surface area contributed by atoms with Crippen LogP contribution >= 0.6 is 11.6 Å². The van der Waals surface area contributed by atoms with Crippen molar-refractivity contribution < 1.29 is 19.1 Å². The number of methoxy groups -OCH3 is 2. The van der Waals surface area contributed by atoms with E-state index >= 15 is 0 Å². The molecule has 2 amide bonds. The van der Waals surface area contributed by atoms with Crippen LogP contribution in [0.1, 0.15) is 38.6 Å². The number of halogens is 1. The zero-order valence-corrected chi connectivity index (χ0v) is 19.9. The maximum atomic E-state index is 13.4. The Hall–Kier alpha value is -3.51. The van der Waals surface area contributed by atoms with Crippen molar-refractivity contribution in [3.63, 3.8) is 0 Å². The molecule has 0 aromatic heterocycles. The van der Waals surface area contributed by atoms with E-state index in [9.17, 15) is 9.59 Å². The Morgan fingerprint density at radius 1 is 0.941 bits per heavy atom. The van der Waals surface area contributed by atoms with Gasteiger partial charge in [0.25, 0.3) is 11.8 Å². The summed E-state index contributed by atoms with van der Waals surface area (Å²) >= 11 is 6.24. The minimum Gasteiger partial charge on any atom is -0.493 e. The number of benzene rings is 3. The van der Waals surface area contributed by atoms with Crippen molar-refractivity contribution in [1.82, 2.24) is 10.2 Å². The first-order valence-electron chi connectivity index (χ1n) is 11.1. The molecule has 0 saturated carbocycles. The molecule has 3 aromatic carbocycles. The minimum atomic E-state index is -0.212. The number of likely N-dealkylation sites (tertiary alicyclic amines) is 1. The molecule has 2 atom stereocenters. The molecule has 7 heteroatoms. The molecule has 0 aliphatic carbocycles. The predicted molar refractivity (Wildman–Crippen MR) is 132 cm³/mol. The summed E-state index contributed by atoms with van der Waals surface area (Å²) in [6, 6.07) is 22.0. The largest absolute Gasteiger partial charge is 0.493 e. The van der Waals surface area contributed by atoms with Gasteiger partial charge in [-0.2, -0.15) is 0 Å². The molecule has 6 nitrogen and oxygen atoms in total. The van der Waals surface area contributed by atoms with Gasteiger partial charge in [-0.25, -0.2) is 0 Å². The van der Waals surface area contributed by atoms with Gasteiger partial charge in [0.15, 0.2) is 11.5 Å². The summed E-state index contributed by atoms with van der Waals surface area (Å²) in [7, 11) is 3.11. The summed E-state index contributed by atoms with van der Waals surface area (Å²) < 4.78 is 10.7. The Morgan fingerprint density at radius 3 is 2.35 bits per heavy atom. The van der Waals surface area contributed by atoms with Gasteiger partial charge in [0.05, 0.1) is 24.8 Å². The van der Waals surface area contributed by atoms with E-state index in [4.69, 9.17) is 21.1 Å². The Labute approximate surface area is 204 Å². The average molecular weight is 479 g/mol. The highest BCUT2D eigenvalue weighted by Crippen LogP contribution is 2.31. The molecule has 1 fully saturated rings. The number of hydrogen-bond donors (Lipinski definition) is 1. The summed E-state index contributed by atoms with van der Waals surface area (Å²) in [6.45, 7) is 0.995. The smallest absolute Gasteiger partial charge is 0.254 e. The molecular formula is C27H27ClN2O4. The fraction of sp³-hybridized carbons (Fsp3) is 0.259. The van der Waals surface area contributed by atoms with Gasteiger partial charge < -0.3 is 19.7 Å². The molecule has 0 unspecified atom stereocenters. The zero-order chi connectivity index (χ0) is 24.1. The summed E-state index contributed by atoms with van der Waals surface area (Å²) in [5, 5.41) is 3.57. The molecule has 1 aliphatic heterocycles. The average Bonchev–Trinajstić information content (AvgIpc) is 2.88. The van der Waals surface area contributed by atoms with Crippen LogP contribution in [-0.2, 0) is 0 Å². The summed E-state index contributed by atoms with van der Waals surface area (Å²) in [5.74, 6) is 0.719. The van der Waals surface area contributed by atoms with Crippen LogP contribution in [0, 0.1) is 0 Å². The van der Waals surface area contributed by atoms with E-state index in [1.807, 2.05) is 35.2 Å². The van der Waals surface area contributed by atoms with Crippen LogP contribution in [-0.4, -0.2) is 50.1 Å². The van der Waals surface area contributed by atoms with E-state index in [0.29, 0.717) is 47.2 Å². The summed E-state index contributed by atoms with van der Waals surface area (Å²) in [6.07, 6.45) is 0.620. The number of nitrogens with zero attached hydrogens (tertiary/aromatic N) is 1. The molecule has 1 aliphatic rings. The first-order valence-corrected chi connectivity index (χ1v) is 11.5. The van der Waals surface area contributed by atoms with Crippen molar-refractivity contribution in [2.75, 3.05) is 27.3 Å². The van der Waals surface area contributed by atoms with Crippen molar-refractivity contribution in [2.45, 2.75) is 18.4 Å². The fourth-order valence-corrected chi connectivity index (χ4v) is 4.61. The Morgan fingerprint density at radius 2 is 1.65 bits per heavy atom. The normalized spacial score (nSPS) is 17.7. The maximum Gasteiger partial charge on any atom is 0.254 e. The van der Waals surface area contributed by atoms with Crippen LogP contribution in [0.3, 0.4) is 0 Å². The lowest BCUT2D eigenvalue weighted by molar-refractivity contribution is 0.0671. The molecule has 1 N–H and O–H groups in total. The van der Waals surface area contributed by atoms with Crippen LogP contribution in [0.5, 0.6) is 11.5 Å². The molecule has 0 bridgehead atoms. The van der Waals surface area contributed by atoms with Crippen LogP contribution in [0.25, 0.3) is 0 Å². The van der Waals surface area contributed by atoms with E-state index in [-0.39, 0.29) is 23.8 Å².